The SMILES string of the molecule is CCOP(=O)(C[S+]([O-])Cc1ccccc1)OCC. The van der Waals surface area contributed by atoms with Crippen molar-refractivity contribution in [3.05, 3.63) is 35.9 Å². The maximum absolute atomic E-state index is 12.2. The first kappa shape index (κ1) is 15.7. The molecule has 0 heterocycles. The van der Waals surface area contributed by atoms with E-state index >= 15 is 0 Å². The first-order valence-corrected chi connectivity index (χ1v) is 9.08. The van der Waals surface area contributed by atoms with Crippen LogP contribution in [0.15, 0.2) is 30.3 Å². The molecule has 0 bridgehead atoms. The number of hydrogen-bond acceptors (Lipinski definition) is 4. The van der Waals surface area contributed by atoms with Crippen molar-refractivity contribution in [2.24, 2.45) is 0 Å². The van der Waals surface area contributed by atoms with E-state index < -0.39 is 18.8 Å². The maximum Gasteiger partial charge on any atom is 0.379 e. The summed E-state index contributed by atoms with van der Waals surface area (Å²) >= 11 is -1.26. The number of hydrogen-bond donors (Lipinski definition) is 0. The molecule has 0 saturated carbocycles. The van der Waals surface area contributed by atoms with E-state index in [1.165, 1.54) is 0 Å². The minimum absolute atomic E-state index is 0.0520. The monoisotopic (exact) mass is 290 g/mol. The van der Waals surface area contributed by atoms with Crippen LogP contribution in [0.5, 0.6) is 0 Å². The molecule has 1 rings (SSSR count). The van der Waals surface area contributed by atoms with Crippen LogP contribution in [0.3, 0.4) is 0 Å². The van der Waals surface area contributed by atoms with Crippen molar-refractivity contribution in [1.82, 2.24) is 0 Å². The molecule has 0 saturated heterocycles. The molecule has 4 nitrogen and oxygen atoms in total. The standard InChI is InChI=1S/C12H19O4PS/c1-3-15-17(13,16-4-2)11-18(14)10-12-8-6-5-7-9-12/h5-9H,3-4,10-11H2,1-2H3. The Balaban J connectivity index is 2.56. The highest BCUT2D eigenvalue weighted by atomic mass is 32.2. The van der Waals surface area contributed by atoms with Gasteiger partial charge in [0.25, 0.3) is 0 Å². The van der Waals surface area contributed by atoms with Gasteiger partial charge in [-0.3, -0.25) is 4.57 Å². The predicted octanol–water partition coefficient (Wildman–Crippen LogP) is 3.16. The zero-order valence-corrected chi connectivity index (χ0v) is 12.4. The molecule has 0 radical (unpaired) electrons. The van der Waals surface area contributed by atoms with E-state index in [9.17, 15) is 9.12 Å². The molecule has 0 aromatic heterocycles. The van der Waals surface area contributed by atoms with Crippen molar-refractivity contribution in [3.8, 4) is 0 Å². The van der Waals surface area contributed by atoms with Gasteiger partial charge in [0.2, 0.25) is 5.49 Å². The molecule has 6 heteroatoms. The van der Waals surface area contributed by atoms with Crippen molar-refractivity contribution in [2.45, 2.75) is 19.6 Å². The molecule has 1 aromatic rings. The molecule has 0 aliphatic rings. The predicted molar refractivity (Wildman–Crippen MR) is 74.0 cm³/mol. The first-order chi connectivity index (χ1) is 8.59. The normalized spacial score (nSPS) is 13.5. The van der Waals surface area contributed by atoms with Crippen LogP contribution in [0.1, 0.15) is 19.4 Å². The van der Waals surface area contributed by atoms with Gasteiger partial charge in [-0.2, -0.15) is 0 Å². The molecule has 1 atom stereocenters. The Hall–Kier alpha value is -0.320. The van der Waals surface area contributed by atoms with E-state index in [-0.39, 0.29) is 5.49 Å². The Morgan fingerprint density at radius 2 is 1.72 bits per heavy atom. The Labute approximate surface area is 111 Å². The molecule has 0 amide bonds. The third-order valence-corrected chi connectivity index (χ3v) is 6.50. The average Bonchev–Trinajstić information content (AvgIpc) is 2.30. The van der Waals surface area contributed by atoms with Gasteiger partial charge in [-0.1, -0.05) is 30.3 Å². The summed E-state index contributed by atoms with van der Waals surface area (Å²) in [5.41, 5.74) is 0.902. The molecule has 0 fully saturated rings. The van der Waals surface area contributed by atoms with Gasteiger partial charge in [0.1, 0.15) is 5.75 Å². The minimum Gasteiger partial charge on any atom is -0.616 e. The molecular weight excluding hydrogens is 271 g/mol. The second-order valence-electron chi connectivity index (χ2n) is 3.65. The lowest BCUT2D eigenvalue weighted by atomic mass is 10.2. The zero-order chi connectivity index (χ0) is 13.4. The van der Waals surface area contributed by atoms with Crippen molar-refractivity contribution >= 4 is 18.8 Å². The van der Waals surface area contributed by atoms with Crippen LogP contribution < -0.4 is 0 Å². The fraction of sp³-hybridized carbons (Fsp3) is 0.500. The van der Waals surface area contributed by atoms with Gasteiger partial charge in [0, 0.05) is 5.56 Å². The summed E-state index contributed by atoms with van der Waals surface area (Å²) in [4.78, 5) is 0. The molecule has 1 unspecified atom stereocenters. The van der Waals surface area contributed by atoms with E-state index in [0.29, 0.717) is 19.0 Å². The second-order valence-corrected chi connectivity index (χ2v) is 7.58. The third kappa shape index (κ3) is 5.55. The Bertz CT molecular complexity index is 375. The fourth-order valence-corrected chi connectivity index (χ4v) is 5.29. The fourth-order valence-electron chi connectivity index (χ4n) is 1.49. The summed E-state index contributed by atoms with van der Waals surface area (Å²) in [5, 5.41) is 0. The summed E-state index contributed by atoms with van der Waals surface area (Å²) in [7, 11) is -3.21. The van der Waals surface area contributed by atoms with E-state index in [4.69, 9.17) is 9.05 Å². The topological polar surface area (TPSA) is 58.6 Å². The van der Waals surface area contributed by atoms with Gasteiger partial charge in [0.05, 0.1) is 13.2 Å². The van der Waals surface area contributed by atoms with Crippen molar-refractivity contribution in [2.75, 3.05) is 18.7 Å². The van der Waals surface area contributed by atoms with E-state index in [2.05, 4.69) is 0 Å². The van der Waals surface area contributed by atoms with Gasteiger partial charge < -0.3 is 13.6 Å². The van der Waals surface area contributed by atoms with Crippen LogP contribution in [-0.4, -0.2) is 23.3 Å². The summed E-state index contributed by atoms with van der Waals surface area (Å²) in [6.07, 6.45) is 0. The smallest absolute Gasteiger partial charge is 0.379 e. The minimum atomic E-state index is -3.21. The van der Waals surface area contributed by atoms with Gasteiger partial charge in [0.15, 0.2) is 0 Å². The van der Waals surface area contributed by atoms with Crippen LogP contribution >= 0.6 is 7.60 Å². The van der Waals surface area contributed by atoms with Gasteiger partial charge >= 0.3 is 7.60 Å². The molecule has 0 spiro atoms. The highest BCUT2D eigenvalue weighted by molar-refractivity contribution is 7.97. The molecular formula is C12H19O4PS. The van der Waals surface area contributed by atoms with Crippen LogP contribution in [-0.2, 0) is 30.5 Å². The highest BCUT2D eigenvalue weighted by Crippen LogP contribution is 2.49. The van der Waals surface area contributed by atoms with Crippen molar-refractivity contribution < 1.29 is 18.2 Å². The molecule has 0 N–H and O–H groups in total. The van der Waals surface area contributed by atoms with E-state index in [1.54, 1.807) is 13.8 Å². The van der Waals surface area contributed by atoms with E-state index in [0.717, 1.165) is 5.56 Å². The maximum atomic E-state index is 12.2. The number of benzene rings is 1. The lowest BCUT2D eigenvalue weighted by Gasteiger charge is -2.19. The van der Waals surface area contributed by atoms with Gasteiger partial charge in [-0.25, -0.2) is 0 Å². The largest absolute Gasteiger partial charge is 0.616 e. The van der Waals surface area contributed by atoms with Crippen molar-refractivity contribution in [1.29, 1.82) is 0 Å². The first-order valence-electron chi connectivity index (χ1n) is 5.86. The molecule has 0 aliphatic heterocycles. The van der Waals surface area contributed by atoms with Crippen LogP contribution in [0.2, 0.25) is 0 Å². The summed E-state index contributed by atoms with van der Waals surface area (Å²) in [6, 6.07) is 9.46. The second kappa shape index (κ2) is 7.97. The van der Waals surface area contributed by atoms with E-state index in [1.807, 2.05) is 30.3 Å². The summed E-state index contributed by atoms with van der Waals surface area (Å²) in [5.74, 6) is 0.366. The summed E-state index contributed by atoms with van der Waals surface area (Å²) in [6.45, 7) is 4.07. The van der Waals surface area contributed by atoms with Gasteiger partial charge in [-0.15, -0.1) is 0 Å². The van der Waals surface area contributed by atoms with Crippen LogP contribution in [0, 0.1) is 0 Å². The lowest BCUT2D eigenvalue weighted by molar-refractivity contribution is 0.223. The third-order valence-electron chi connectivity index (χ3n) is 2.12. The molecule has 0 aliphatic carbocycles. The van der Waals surface area contributed by atoms with Crippen molar-refractivity contribution in [3.63, 3.8) is 0 Å². The quantitative estimate of drug-likeness (QED) is 0.545. The Kier molecular flexibility index (Phi) is 6.97. The average molecular weight is 290 g/mol. The molecule has 18 heavy (non-hydrogen) atoms. The Morgan fingerprint density at radius 3 is 2.22 bits per heavy atom. The summed E-state index contributed by atoms with van der Waals surface area (Å²) < 4.78 is 34.4. The highest BCUT2D eigenvalue weighted by Gasteiger charge is 2.30. The molecule has 102 valence electrons. The molecule has 1 aromatic carbocycles. The Morgan fingerprint density at radius 1 is 1.17 bits per heavy atom. The van der Waals surface area contributed by atoms with Crippen LogP contribution in [0.25, 0.3) is 0 Å². The van der Waals surface area contributed by atoms with Crippen LogP contribution in [0.4, 0.5) is 0 Å². The zero-order valence-electron chi connectivity index (χ0n) is 10.7. The number of rotatable bonds is 8. The van der Waals surface area contributed by atoms with Gasteiger partial charge in [-0.05, 0) is 25.0 Å². The lowest BCUT2D eigenvalue weighted by Crippen LogP contribution is -2.13.